The molecular weight excluding hydrogens is 190 g/mol. The van der Waals surface area contributed by atoms with Crippen LogP contribution in [0.1, 0.15) is 0 Å². The normalized spacial score (nSPS) is 15.1. The summed E-state index contributed by atoms with van der Waals surface area (Å²) in [5.74, 6) is 0. The summed E-state index contributed by atoms with van der Waals surface area (Å²) in [6.07, 6.45) is 7.47. The van der Waals surface area contributed by atoms with Crippen molar-refractivity contribution in [3.63, 3.8) is 0 Å². The number of allylic oxidation sites excluding steroid dienone is 2. The fourth-order valence-electron chi connectivity index (χ4n) is 0.346. The summed E-state index contributed by atoms with van der Waals surface area (Å²) in [4.78, 5) is 0. The zero-order chi connectivity index (χ0) is 7.82. The SMILES string of the molecule is C1=CCOC=C1.Cl.NS(=O)[O-]. The first kappa shape index (κ1) is 13.2. The molecule has 0 saturated carbocycles. The summed E-state index contributed by atoms with van der Waals surface area (Å²) >= 11 is -2.36. The van der Waals surface area contributed by atoms with Gasteiger partial charge in [-0.05, 0) is 12.2 Å². The molecule has 0 aromatic heterocycles. The van der Waals surface area contributed by atoms with Gasteiger partial charge in [-0.1, -0.05) is 6.08 Å². The Morgan fingerprint density at radius 1 is 1.55 bits per heavy atom. The van der Waals surface area contributed by atoms with Crippen molar-refractivity contribution in [3.05, 3.63) is 24.5 Å². The molecule has 1 heterocycles. The van der Waals surface area contributed by atoms with E-state index in [1.54, 1.807) is 6.26 Å². The molecule has 0 spiro atoms. The Morgan fingerprint density at radius 3 is 2.18 bits per heavy atom. The van der Waals surface area contributed by atoms with Gasteiger partial charge in [-0.2, -0.15) is 0 Å². The Labute approximate surface area is 73.9 Å². The van der Waals surface area contributed by atoms with Crippen LogP contribution < -0.4 is 5.14 Å². The van der Waals surface area contributed by atoms with Gasteiger partial charge in [-0.3, -0.25) is 9.35 Å². The van der Waals surface area contributed by atoms with E-state index in [0.717, 1.165) is 6.61 Å². The molecule has 4 nitrogen and oxygen atoms in total. The molecule has 1 atom stereocenters. The smallest absolute Gasteiger partial charge is 0.106 e. The number of halogens is 1. The molecule has 66 valence electrons. The lowest BCUT2D eigenvalue weighted by molar-refractivity contribution is 0.286. The second kappa shape index (κ2) is 9.64. The van der Waals surface area contributed by atoms with Crippen molar-refractivity contribution in [2.75, 3.05) is 6.61 Å². The molecule has 1 aliphatic rings. The highest BCUT2D eigenvalue weighted by molar-refractivity contribution is 7.76. The van der Waals surface area contributed by atoms with E-state index in [9.17, 15) is 0 Å². The van der Waals surface area contributed by atoms with Crippen molar-refractivity contribution < 1.29 is 13.5 Å². The topological polar surface area (TPSA) is 75.4 Å². The molecule has 1 aliphatic heterocycles. The van der Waals surface area contributed by atoms with E-state index >= 15 is 0 Å². The van der Waals surface area contributed by atoms with Crippen LogP contribution in [0, 0.1) is 0 Å². The first-order valence-corrected chi connectivity index (χ1v) is 3.64. The molecule has 1 rings (SSSR count). The van der Waals surface area contributed by atoms with Gasteiger partial charge in [0.15, 0.2) is 0 Å². The summed E-state index contributed by atoms with van der Waals surface area (Å²) in [6.45, 7) is 0.733. The maximum absolute atomic E-state index is 8.78. The van der Waals surface area contributed by atoms with Gasteiger partial charge in [0.05, 0.1) is 6.26 Å². The van der Waals surface area contributed by atoms with Gasteiger partial charge in [-0.15, -0.1) is 12.4 Å². The molecule has 0 radical (unpaired) electrons. The van der Waals surface area contributed by atoms with Crippen LogP contribution in [0.15, 0.2) is 24.5 Å². The Bertz CT molecular complexity index is 144. The monoisotopic (exact) mass is 198 g/mol. The standard InChI is InChI=1S/C5H6O.ClH.H3NO2S/c1-2-4-6-5-3-1;;1-4(2)3/h1-4H,5H2;1H;1H2,(H,2,3)/p-1. The van der Waals surface area contributed by atoms with Crippen molar-refractivity contribution in [2.24, 2.45) is 5.14 Å². The molecule has 1 unspecified atom stereocenters. The average molecular weight is 199 g/mol. The fraction of sp³-hybridized carbons (Fsp3) is 0.200. The van der Waals surface area contributed by atoms with E-state index in [1.807, 2.05) is 18.2 Å². The third-order valence-electron chi connectivity index (χ3n) is 0.614. The summed E-state index contributed by atoms with van der Waals surface area (Å²) in [5.41, 5.74) is 0. The Morgan fingerprint density at radius 2 is 2.09 bits per heavy atom. The lowest BCUT2D eigenvalue weighted by Crippen LogP contribution is -1.97. The average Bonchev–Trinajstić information content (AvgIpc) is 1.90. The van der Waals surface area contributed by atoms with Crippen molar-refractivity contribution in [1.29, 1.82) is 0 Å². The molecule has 0 aliphatic carbocycles. The summed E-state index contributed by atoms with van der Waals surface area (Å²) in [5, 5.41) is 4.03. The zero-order valence-corrected chi connectivity index (χ0v) is 7.27. The summed E-state index contributed by atoms with van der Waals surface area (Å²) in [7, 11) is 0. The predicted octanol–water partition coefficient (Wildman–Crippen LogP) is 0.247. The minimum Gasteiger partial charge on any atom is -0.760 e. The van der Waals surface area contributed by atoms with Crippen LogP contribution in [0.2, 0.25) is 0 Å². The highest BCUT2D eigenvalue weighted by atomic mass is 35.5. The van der Waals surface area contributed by atoms with Gasteiger partial charge < -0.3 is 9.29 Å². The van der Waals surface area contributed by atoms with E-state index in [1.165, 1.54) is 0 Å². The lowest BCUT2D eigenvalue weighted by atomic mass is 10.5. The zero-order valence-electron chi connectivity index (χ0n) is 5.64. The van der Waals surface area contributed by atoms with Crippen molar-refractivity contribution in [2.45, 2.75) is 0 Å². The van der Waals surface area contributed by atoms with Gasteiger partial charge in [0.25, 0.3) is 0 Å². The van der Waals surface area contributed by atoms with Crippen LogP contribution in [0.3, 0.4) is 0 Å². The van der Waals surface area contributed by atoms with E-state index in [2.05, 4.69) is 5.14 Å². The molecular formula is C5H9ClNO3S-. The van der Waals surface area contributed by atoms with Gasteiger partial charge in [0.2, 0.25) is 0 Å². The van der Waals surface area contributed by atoms with Crippen LogP contribution in [-0.2, 0) is 16.0 Å². The Balaban J connectivity index is 0. The van der Waals surface area contributed by atoms with Crippen LogP contribution >= 0.6 is 12.4 Å². The molecule has 0 fully saturated rings. The van der Waals surface area contributed by atoms with Gasteiger partial charge in [0.1, 0.15) is 6.61 Å². The minimum atomic E-state index is -2.36. The van der Waals surface area contributed by atoms with Crippen molar-refractivity contribution >= 4 is 23.7 Å². The number of hydrogen-bond acceptors (Lipinski definition) is 3. The molecule has 2 N–H and O–H groups in total. The summed E-state index contributed by atoms with van der Waals surface area (Å²) < 4.78 is 22.4. The number of nitrogens with two attached hydrogens (primary N) is 1. The highest BCUT2D eigenvalue weighted by Gasteiger charge is 1.75. The molecule has 0 aromatic carbocycles. The van der Waals surface area contributed by atoms with Crippen LogP contribution in [0.5, 0.6) is 0 Å². The molecule has 0 saturated heterocycles. The van der Waals surface area contributed by atoms with Crippen LogP contribution in [-0.4, -0.2) is 15.4 Å². The molecule has 0 aromatic rings. The molecule has 11 heavy (non-hydrogen) atoms. The number of hydrogen-bond donors (Lipinski definition) is 1. The van der Waals surface area contributed by atoms with E-state index < -0.39 is 11.3 Å². The van der Waals surface area contributed by atoms with E-state index in [0.29, 0.717) is 0 Å². The quantitative estimate of drug-likeness (QED) is 0.567. The largest absolute Gasteiger partial charge is 0.760 e. The summed E-state index contributed by atoms with van der Waals surface area (Å²) in [6, 6.07) is 0. The van der Waals surface area contributed by atoms with Crippen molar-refractivity contribution in [1.82, 2.24) is 0 Å². The lowest BCUT2D eigenvalue weighted by Gasteiger charge is -1.94. The third kappa shape index (κ3) is 17.7. The first-order valence-electron chi connectivity index (χ1n) is 2.50. The minimum absolute atomic E-state index is 0. The number of rotatable bonds is 0. The predicted molar refractivity (Wildman–Crippen MR) is 44.6 cm³/mol. The van der Waals surface area contributed by atoms with Gasteiger partial charge in [-0.25, -0.2) is 0 Å². The molecule has 0 amide bonds. The Kier molecular flexibility index (Phi) is 11.6. The molecule has 0 bridgehead atoms. The first-order chi connectivity index (χ1) is 4.73. The van der Waals surface area contributed by atoms with Gasteiger partial charge >= 0.3 is 0 Å². The third-order valence-corrected chi connectivity index (χ3v) is 0.614. The second-order valence-electron chi connectivity index (χ2n) is 1.35. The molecule has 6 heteroatoms. The Hall–Kier alpha value is -0.360. The van der Waals surface area contributed by atoms with Crippen LogP contribution in [0.4, 0.5) is 0 Å². The highest BCUT2D eigenvalue weighted by Crippen LogP contribution is 1.87. The van der Waals surface area contributed by atoms with E-state index in [4.69, 9.17) is 13.5 Å². The van der Waals surface area contributed by atoms with E-state index in [-0.39, 0.29) is 12.4 Å². The number of ether oxygens (including phenoxy) is 1. The van der Waals surface area contributed by atoms with Crippen LogP contribution in [0.25, 0.3) is 0 Å². The maximum atomic E-state index is 8.78. The fourth-order valence-corrected chi connectivity index (χ4v) is 0.346. The second-order valence-corrected chi connectivity index (χ2v) is 1.87. The van der Waals surface area contributed by atoms with Crippen molar-refractivity contribution in [3.8, 4) is 0 Å². The maximum Gasteiger partial charge on any atom is 0.106 e. The van der Waals surface area contributed by atoms with Gasteiger partial charge in [0, 0.05) is 11.3 Å².